The van der Waals surface area contributed by atoms with Crippen molar-refractivity contribution in [2.24, 2.45) is 4.99 Å². The van der Waals surface area contributed by atoms with Crippen molar-refractivity contribution in [2.45, 2.75) is 12.8 Å². The minimum absolute atomic E-state index is 0.177. The predicted molar refractivity (Wildman–Crippen MR) is 112 cm³/mol. The van der Waals surface area contributed by atoms with Gasteiger partial charge in [0.1, 0.15) is 6.61 Å². The lowest BCUT2D eigenvalue weighted by Gasteiger charge is -2.15. The summed E-state index contributed by atoms with van der Waals surface area (Å²) in [7, 11) is 2.90. The van der Waals surface area contributed by atoms with Crippen LogP contribution in [0, 0.1) is 0 Å². The van der Waals surface area contributed by atoms with Crippen LogP contribution in [-0.2, 0) is 15.5 Å². The molecule has 1 heterocycles. The van der Waals surface area contributed by atoms with Crippen LogP contribution in [-0.4, -0.2) is 37.9 Å². The first-order chi connectivity index (χ1) is 13.9. The van der Waals surface area contributed by atoms with E-state index in [2.05, 4.69) is 20.0 Å². The molecule has 1 N–H and O–H groups in total. The summed E-state index contributed by atoms with van der Waals surface area (Å²) in [6.45, 7) is 1.20. The summed E-state index contributed by atoms with van der Waals surface area (Å²) >= 11 is 0. The Kier molecular flexibility index (Phi) is 7.91. The zero-order chi connectivity index (χ0) is 21.3. The number of benzene rings is 1. The summed E-state index contributed by atoms with van der Waals surface area (Å²) < 4.78 is 32.1. The van der Waals surface area contributed by atoms with E-state index in [0.717, 1.165) is 16.7 Å². The van der Waals surface area contributed by atoms with Crippen molar-refractivity contribution in [3.8, 4) is 0 Å². The SMILES string of the molecule is C/C=C(\C=N/C)c1ccncc1/C=C/C(=O)Nc1ccc(C(F)(F)COC)cc1. The number of aliphatic imine (C=N–C) groups is 1. The standard InChI is InChI=1S/C22H23F2N3O2/c1-4-16(13-25-2)20-11-12-26-14-17(20)5-10-21(28)27-19-8-6-18(7-9-19)22(23,24)15-29-3/h4-14H,15H2,1-3H3,(H,27,28)/b10-5+,16-4+,25-13-. The molecule has 0 atom stereocenters. The Balaban J connectivity index is 2.11. The van der Waals surface area contributed by atoms with Crippen LogP contribution in [0.4, 0.5) is 14.5 Å². The fraction of sp³-hybridized carbons (Fsp3) is 0.227. The quantitative estimate of drug-likeness (QED) is 0.522. The Morgan fingerprint density at radius 1 is 1.28 bits per heavy atom. The fourth-order valence-corrected chi connectivity index (χ4v) is 2.65. The highest BCUT2D eigenvalue weighted by Crippen LogP contribution is 2.29. The maximum Gasteiger partial charge on any atom is 0.296 e. The van der Waals surface area contributed by atoms with Crippen molar-refractivity contribution >= 4 is 29.5 Å². The van der Waals surface area contributed by atoms with E-state index < -0.39 is 12.5 Å². The third-order valence-electron chi connectivity index (χ3n) is 4.06. The Bertz CT molecular complexity index is 920. The van der Waals surface area contributed by atoms with Crippen LogP contribution in [0.3, 0.4) is 0 Å². The van der Waals surface area contributed by atoms with Crippen molar-refractivity contribution in [2.75, 3.05) is 26.1 Å². The number of halogens is 2. The van der Waals surface area contributed by atoms with Gasteiger partial charge >= 0.3 is 0 Å². The molecule has 0 fully saturated rings. The highest BCUT2D eigenvalue weighted by Gasteiger charge is 2.31. The number of nitrogens with zero attached hydrogens (tertiary/aromatic N) is 2. The van der Waals surface area contributed by atoms with Gasteiger partial charge in [-0.1, -0.05) is 18.2 Å². The highest BCUT2D eigenvalue weighted by molar-refractivity contribution is 6.11. The van der Waals surface area contributed by atoms with E-state index in [1.54, 1.807) is 31.7 Å². The number of allylic oxidation sites excluding steroid dienone is 2. The second-order valence-electron chi connectivity index (χ2n) is 6.13. The number of rotatable bonds is 8. The van der Waals surface area contributed by atoms with Gasteiger partial charge in [0.2, 0.25) is 5.91 Å². The molecule has 0 spiro atoms. The number of nitrogens with one attached hydrogen (secondary N) is 1. The molecule has 1 amide bonds. The average Bonchev–Trinajstić information content (AvgIpc) is 2.71. The van der Waals surface area contributed by atoms with Crippen LogP contribution < -0.4 is 5.32 Å². The predicted octanol–water partition coefficient (Wildman–Crippen LogP) is 4.58. The molecule has 5 nitrogen and oxygen atoms in total. The number of hydrogen-bond acceptors (Lipinski definition) is 4. The molecule has 0 saturated carbocycles. The first-order valence-electron chi connectivity index (χ1n) is 8.90. The number of anilines is 1. The van der Waals surface area contributed by atoms with Gasteiger partial charge in [-0.25, -0.2) is 0 Å². The summed E-state index contributed by atoms with van der Waals surface area (Å²) in [6.07, 6.45) is 9.98. The summed E-state index contributed by atoms with van der Waals surface area (Å²) in [6, 6.07) is 7.22. The van der Waals surface area contributed by atoms with Crippen LogP contribution in [0.15, 0.2) is 59.9 Å². The number of ether oxygens (including phenoxy) is 1. The van der Waals surface area contributed by atoms with Gasteiger partial charge in [-0.05, 0) is 42.3 Å². The number of methoxy groups -OCH3 is 1. The second-order valence-corrected chi connectivity index (χ2v) is 6.13. The van der Waals surface area contributed by atoms with Gasteiger partial charge in [0, 0.05) is 55.7 Å². The zero-order valence-corrected chi connectivity index (χ0v) is 16.5. The maximum atomic E-state index is 13.8. The van der Waals surface area contributed by atoms with Crippen LogP contribution in [0.1, 0.15) is 23.6 Å². The summed E-state index contributed by atoms with van der Waals surface area (Å²) in [5, 5.41) is 2.65. The second kappa shape index (κ2) is 10.4. The monoisotopic (exact) mass is 399 g/mol. The molecule has 0 bridgehead atoms. The number of amides is 1. The largest absolute Gasteiger partial charge is 0.378 e. The first kappa shape index (κ1) is 22.1. The molecule has 2 rings (SSSR count). The van der Waals surface area contributed by atoms with E-state index in [1.165, 1.54) is 37.5 Å². The van der Waals surface area contributed by atoms with Gasteiger partial charge in [0.05, 0.1) is 0 Å². The van der Waals surface area contributed by atoms with Crippen LogP contribution in [0.25, 0.3) is 11.6 Å². The molecular weight excluding hydrogens is 376 g/mol. The summed E-state index contributed by atoms with van der Waals surface area (Å²) in [5.41, 5.74) is 2.79. The third-order valence-corrected chi connectivity index (χ3v) is 4.06. The molecular formula is C22H23F2N3O2. The number of carbonyl (C=O) groups is 1. The minimum Gasteiger partial charge on any atom is -0.378 e. The summed E-state index contributed by atoms with van der Waals surface area (Å²) in [4.78, 5) is 20.3. The zero-order valence-electron chi connectivity index (χ0n) is 16.5. The molecule has 0 unspecified atom stereocenters. The molecule has 7 heteroatoms. The Labute approximate surface area is 168 Å². The van der Waals surface area contributed by atoms with Crippen molar-refractivity contribution in [3.63, 3.8) is 0 Å². The van der Waals surface area contributed by atoms with Crippen molar-refractivity contribution in [1.29, 1.82) is 0 Å². The average molecular weight is 399 g/mol. The van der Waals surface area contributed by atoms with Gasteiger partial charge in [0.25, 0.3) is 5.92 Å². The molecule has 0 aliphatic heterocycles. The molecule has 2 aromatic rings. The molecule has 0 aliphatic carbocycles. The van der Waals surface area contributed by atoms with Gasteiger partial charge in [0.15, 0.2) is 0 Å². The number of pyridine rings is 1. The van der Waals surface area contributed by atoms with E-state index in [-0.39, 0.29) is 11.5 Å². The van der Waals surface area contributed by atoms with Gasteiger partial charge in [-0.15, -0.1) is 0 Å². The van der Waals surface area contributed by atoms with Crippen LogP contribution in [0.5, 0.6) is 0 Å². The van der Waals surface area contributed by atoms with Crippen LogP contribution >= 0.6 is 0 Å². The molecule has 29 heavy (non-hydrogen) atoms. The minimum atomic E-state index is -3.08. The molecule has 0 aliphatic rings. The Morgan fingerprint density at radius 3 is 2.62 bits per heavy atom. The lowest BCUT2D eigenvalue weighted by molar-refractivity contribution is -0.111. The number of carbonyl (C=O) groups excluding carboxylic acids is 1. The Hall–Kier alpha value is -3.19. The van der Waals surface area contributed by atoms with E-state index in [1.807, 2.05) is 19.1 Å². The lowest BCUT2D eigenvalue weighted by atomic mass is 10.0. The van der Waals surface area contributed by atoms with Crippen LogP contribution in [0.2, 0.25) is 0 Å². The number of hydrogen-bond donors (Lipinski definition) is 1. The highest BCUT2D eigenvalue weighted by atomic mass is 19.3. The van der Waals surface area contributed by atoms with Gasteiger partial charge in [-0.3, -0.25) is 14.8 Å². The topological polar surface area (TPSA) is 63.6 Å². The van der Waals surface area contributed by atoms with Gasteiger partial charge < -0.3 is 10.1 Å². The van der Waals surface area contributed by atoms with E-state index in [0.29, 0.717) is 5.69 Å². The van der Waals surface area contributed by atoms with Gasteiger partial charge in [-0.2, -0.15) is 8.78 Å². The van der Waals surface area contributed by atoms with E-state index >= 15 is 0 Å². The molecule has 0 radical (unpaired) electrons. The Morgan fingerprint density at radius 2 is 2.00 bits per heavy atom. The maximum absolute atomic E-state index is 13.8. The van der Waals surface area contributed by atoms with E-state index in [4.69, 9.17) is 0 Å². The van der Waals surface area contributed by atoms with Crippen molar-refractivity contribution in [1.82, 2.24) is 4.98 Å². The molecule has 0 saturated heterocycles. The molecule has 152 valence electrons. The smallest absolute Gasteiger partial charge is 0.296 e. The number of aromatic nitrogens is 1. The van der Waals surface area contributed by atoms with Crippen molar-refractivity contribution in [3.05, 3.63) is 71.6 Å². The first-order valence-corrected chi connectivity index (χ1v) is 8.90. The molecule has 1 aromatic carbocycles. The van der Waals surface area contributed by atoms with E-state index in [9.17, 15) is 13.6 Å². The third kappa shape index (κ3) is 6.15. The fourth-order valence-electron chi connectivity index (χ4n) is 2.65. The summed E-state index contributed by atoms with van der Waals surface area (Å²) in [5.74, 6) is -3.47. The van der Waals surface area contributed by atoms with Crippen molar-refractivity contribution < 1.29 is 18.3 Å². The number of alkyl halides is 2. The lowest BCUT2D eigenvalue weighted by Crippen LogP contribution is -2.20. The molecule has 1 aromatic heterocycles. The normalized spacial score (nSPS) is 12.7.